The number of rotatable bonds is 5. The zero-order valence-corrected chi connectivity index (χ0v) is 28.1. The van der Waals surface area contributed by atoms with E-state index in [0.29, 0.717) is 0 Å². The highest BCUT2D eigenvalue weighted by Gasteiger charge is 2.11. The minimum absolute atomic E-state index is 0.904. The van der Waals surface area contributed by atoms with Gasteiger partial charge < -0.3 is 0 Å². The number of pyridine rings is 4. The lowest BCUT2D eigenvalue weighted by Gasteiger charge is -2.09. The molecule has 0 unspecified atom stereocenters. The van der Waals surface area contributed by atoms with Gasteiger partial charge in [0.2, 0.25) is 0 Å². The first kappa shape index (κ1) is 29.8. The molecule has 0 saturated carbocycles. The van der Waals surface area contributed by atoms with Crippen LogP contribution in [0.5, 0.6) is 0 Å². The van der Waals surface area contributed by atoms with Gasteiger partial charge in [-0.05, 0) is 47.5 Å². The molecular formula is C48H30N4. The first-order chi connectivity index (χ1) is 25.7. The summed E-state index contributed by atoms with van der Waals surface area (Å²) in [5.41, 5.74) is 14.0. The lowest BCUT2D eigenvalue weighted by molar-refractivity contribution is 1.36. The Bertz CT molecular complexity index is 2940. The molecule has 0 amide bonds. The fourth-order valence-electron chi connectivity index (χ4n) is 7.04. The standard InChI is InChI=1S/C48H30N4/c1-3-7-31(8-4-1)39-19-15-35-22-26-44(50-45(35)29-39)40-20-16-36-21-25-41(49-46(36)30-40)33-11-13-34(14-12-33)43-28-24-38-18-17-37-23-27-42(32-9-5-2-6-10-32)51-47(37)48(38)52-43/h1-30H. The zero-order valence-electron chi connectivity index (χ0n) is 28.1. The molecule has 6 aromatic carbocycles. The average Bonchev–Trinajstić information content (AvgIpc) is 3.23. The zero-order chi connectivity index (χ0) is 34.4. The molecule has 4 heterocycles. The van der Waals surface area contributed by atoms with Crippen LogP contribution in [-0.2, 0) is 0 Å². The van der Waals surface area contributed by atoms with Crippen LogP contribution >= 0.6 is 0 Å². The van der Waals surface area contributed by atoms with Crippen molar-refractivity contribution in [3.05, 3.63) is 182 Å². The predicted octanol–water partition coefficient (Wildman–Crippen LogP) is 12.2. The Balaban J connectivity index is 0.965. The van der Waals surface area contributed by atoms with Crippen molar-refractivity contribution < 1.29 is 0 Å². The second-order valence-corrected chi connectivity index (χ2v) is 13.1. The van der Waals surface area contributed by atoms with E-state index in [9.17, 15) is 0 Å². The lowest BCUT2D eigenvalue weighted by Crippen LogP contribution is -1.91. The molecule has 10 aromatic rings. The summed E-state index contributed by atoms with van der Waals surface area (Å²) in [4.78, 5) is 20.4. The first-order valence-corrected chi connectivity index (χ1v) is 17.5. The van der Waals surface area contributed by atoms with E-state index in [1.54, 1.807) is 0 Å². The quantitative estimate of drug-likeness (QED) is 0.172. The highest BCUT2D eigenvalue weighted by atomic mass is 14.8. The molecule has 52 heavy (non-hydrogen) atoms. The van der Waals surface area contributed by atoms with Crippen molar-refractivity contribution in [1.29, 1.82) is 0 Å². The monoisotopic (exact) mass is 662 g/mol. The summed E-state index contributed by atoms with van der Waals surface area (Å²) < 4.78 is 0. The van der Waals surface area contributed by atoms with E-state index in [1.807, 2.05) is 24.3 Å². The third-order valence-electron chi connectivity index (χ3n) is 9.85. The Morgan fingerprint density at radius 1 is 0.231 bits per heavy atom. The van der Waals surface area contributed by atoms with Crippen LogP contribution in [0.4, 0.5) is 0 Å². The van der Waals surface area contributed by atoms with E-state index in [0.717, 1.165) is 94.2 Å². The van der Waals surface area contributed by atoms with E-state index in [4.69, 9.17) is 19.9 Å². The van der Waals surface area contributed by atoms with Gasteiger partial charge in [-0.2, -0.15) is 0 Å². The van der Waals surface area contributed by atoms with Gasteiger partial charge in [0, 0.05) is 43.8 Å². The van der Waals surface area contributed by atoms with Gasteiger partial charge in [0.25, 0.3) is 0 Å². The molecular weight excluding hydrogens is 633 g/mol. The second-order valence-electron chi connectivity index (χ2n) is 13.1. The van der Waals surface area contributed by atoms with E-state index in [1.165, 1.54) is 5.56 Å². The number of hydrogen-bond donors (Lipinski definition) is 0. The summed E-state index contributed by atoms with van der Waals surface area (Å²) in [6.07, 6.45) is 0. The predicted molar refractivity (Wildman–Crippen MR) is 215 cm³/mol. The summed E-state index contributed by atoms with van der Waals surface area (Å²) in [5.74, 6) is 0. The molecule has 4 nitrogen and oxygen atoms in total. The largest absolute Gasteiger partial charge is 0.248 e. The Hall–Kier alpha value is -7.04. The highest BCUT2D eigenvalue weighted by Crippen LogP contribution is 2.32. The molecule has 0 aliphatic heterocycles. The van der Waals surface area contributed by atoms with Crippen LogP contribution in [0.1, 0.15) is 0 Å². The van der Waals surface area contributed by atoms with Crippen molar-refractivity contribution in [1.82, 2.24) is 19.9 Å². The van der Waals surface area contributed by atoms with Crippen LogP contribution in [0, 0.1) is 0 Å². The van der Waals surface area contributed by atoms with Gasteiger partial charge in [-0.25, -0.2) is 19.9 Å². The molecule has 242 valence electrons. The van der Waals surface area contributed by atoms with Crippen LogP contribution in [0.15, 0.2) is 182 Å². The average molecular weight is 663 g/mol. The fraction of sp³-hybridized carbons (Fsp3) is 0. The third-order valence-corrected chi connectivity index (χ3v) is 9.85. The summed E-state index contributed by atoms with van der Waals surface area (Å²) in [6, 6.07) is 63.3. The number of fused-ring (bicyclic) bond motifs is 5. The number of aromatic nitrogens is 4. The Morgan fingerprint density at radius 3 is 1.12 bits per heavy atom. The van der Waals surface area contributed by atoms with Gasteiger partial charge in [-0.1, -0.05) is 146 Å². The number of nitrogens with zero attached hydrogens (tertiary/aromatic N) is 4. The molecule has 0 N–H and O–H groups in total. The maximum absolute atomic E-state index is 5.15. The topological polar surface area (TPSA) is 51.6 Å². The van der Waals surface area contributed by atoms with Crippen molar-refractivity contribution in [2.75, 3.05) is 0 Å². The Labute approximate surface area is 300 Å². The van der Waals surface area contributed by atoms with Crippen molar-refractivity contribution in [2.24, 2.45) is 0 Å². The van der Waals surface area contributed by atoms with E-state index in [-0.39, 0.29) is 0 Å². The molecule has 4 aromatic heterocycles. The van der Waals surface area contributed by atoms with Gasteiger partial charge in [0.1, 0.15) is 0 Å². The fourth-order valence-corrected chi connectivity index (χ4v) is 7.04. The van der Waals surface area contributed by atoms with Crippen LogP contribution < -0.4 is 0 Å². The van der Waals surface area contributed by atoms with Crippen molar-refractivity contribution in [3.8, 4) is 56.2 Å². The van der Waals surface area contributed by atoms with Gasteiger partial charge in [-0.15, -0.1) is 0 Å². The summed E-state index contributed by atoms with van der Waals surface area (Å²) in [5, 5.41) is 4.36. The summed E-state index contributed by atoms with van der Waals surface area (Å²) in [6.45, 7) is 0. The van der Waals surface area contributed by atoms with E-state index < -0.39 is 0 Å². The number of hydrogen-bond acceptors (Lipinski definition) is 4. The number of benzene rings is 6. The maximum Gasteiger partial charge on any atom is 0.0972 e. The molecule has 0 atom stereocenters. The molecule has 0 radical (unpaired) electrons. The smallest absolute Gasteiger partial charge is 0.0972 e. The van der Waals surface area contributed by atoms with Crippen molar-refractivity contribution in [3.63, 3.8) is 0 Å². The van der Waals surface area contributed by atoms with Crippen molar-refractivity contribution >= 4 is 43.6 Å². The highest BCUT2D eigenvalue weighted by molar-refractivity contribution is 6.04. The molecule has 4 heteroatoms. The van der Waals surface area contributed by atoms with Crippen LogP contribution in [-0.4, -0.2) is 19.9 Å². The molecule has 0 aliphatic carbocycles. The Kier molecular flexibility index (Phi) is 7.10. The summed E-state index contributed by atoms with van der Waals surface area (Å²) in [7, 11) is 0. The Morgan fingerprint density at radius 2 is 0.577 bits per heavy atom. The van der Waals surface area contributed by atoms with Crippen molar-refractivity contribution in [2.45, 2.75) is 0 Å². The third kappa shape index (κ3) is 5.44. The minimum Gasteiger partial charge on any atom is -0.248 e. The lowest BCUT2D eigenvalue weighted by atomic mass is 10.0. The van der Waals surface area contributed by atoms with Crippen LogP contribution in [0.2, 0.25) is 0 Å². The van der Waals surface area contributed by atoms with E-state index in [2.05, 4.69) is 158 Å². The minimum atomic E-state index is 0.904. The second kappa shape index (κ2) is 12.4. The molecule has 10 rings (SSSR count). The van der Waals surface area contributed by atoms with Gasteiger partial charge >= 0.3 is 0 Å². The normalized spacial score (nSPS) is 11.5. The first-order valence-electron chi connectivity index (χ1n) is 17.5. The summed E-state index contributed by atoms with van der Waals surface area (Å²) >= 11 is 0. The molecule has 0 fully saturated rings. The molecule has 0 aliphatic rings. The van der Waals surface area contributed by atoms with E-state index >= 15 is 0 Å². The maximum atomic E-state index is 5.15. The van der Waals surface area contributed by atoms with Gasteiger partial charge in [-0.3, -0.25) is 0 Å². The molecule has 0 saturated heterocycles. The van der Waals surface area contributed by atoms with Gasteiger partial charge in [0.15, 0.2) is 0 Å². The molecule has 0 bridgehead atoms. The SMILES string of the molecule is c1ccc(-c2ccc3ccc(-c4ccc5ccc(-c6ccc(-c7ccc8ccc9ccc(-c%10ccccc%10)nc9c8n7)cc6)nc5c4)nc3c2)cc1. The van der Waals surface area contributed by atoms with Crippen LogP contribution in [0.3, 0.4) is 0 Å². The van der Waals surface area contributed by atoms with Crippen LogP contribution in [0.25, 0.3) is 99.8 Å². The van der Waals surface area contributed by atoms with Gasteiger partial charge in [0.05, 0.1) is 44.8 Å². The molecule has 0 spiro atoms.